The fourth-order valence-electron chi connectivity index (χ4n) is 3.49. The molecule has 24 heavy (non-hydrogen) atoms. The Labute approximate surface area is 143 Å². The molecule has 6 heteroatoms. The second-order valence-electron chi connectivity index (χ2n) is 6.72. The Balaban J connectivity index is 1.67. The Hall–Kier alpha value is -1.66. The van der Waals surface area contributed by atoms with E-state index in [-0.39, 0.29) is 17.8 Å². The minimum Gasteiger partial charge on any atom is -0.367 e. The van der Waals surface area contributed by atoms with Crippen molar-refractivity contribution in [2.75, 3.05) is 50.7 Å². The molecule has 0 saturated carbocycles. The lowest BCUT2D eigenvalue weighted by Gasteiger charge is -2.35. The Morgan fingerprint density at radius 2 is 1.83 bits per heavy atom. The maximum absolute atomic E-state index is 14.6. The summed E-state index contributed by atoms with van der Waals surface area (Å²) < 4.78 is 14.6. The summed E-state index contributed by atoms with van der Waals surface area (Å²) >= 11 is 0. The van der Waals surface area contributed by atoms with Gasteiger partial charge in [-0.05, 0) is 37.6 Å². The summed E-state index contributed by atoms with van der Waals surface area (Å²) in [7, 11) is 0. The van der Waals surface area contributed by atoms with Crippen LogP contribution in [0.1, 0.15) is 30.1 Å². The topological polar surface area (TPSA) is 52.8 Å². The predicted molar refractivity (Wildman–Crippen MR) is 93.8 cm³/mol. The maximum atomic E-state index is 14.6. The molecule has 0 aliphatic carbocycles. The summed E-state index contributed by atoms with van der Waals surface area (Å²) in [4.78, 5) is 18.7. The Bertz CT molecular complexity index is 578. The van der Waals surface area contributed by atoms with Crippen LogP contribution in [-0.4, -0.2) is 67.6 Å². The fraction of sp³-hybridized carbons (Fsp3) is 0.611. The van der Waals surface area contributed by atoms with Crippen LogP contribution < -0.4 is 10.6 Å². The van der Waals surface area contributed by atoms with Gasteiger partial charge >= 0.3 is 0 Å². The molecule has 2 aliphatic heterocycles. The number of likely N-dealkylation sites (N-methyl/N-ethyl adjacent to an activating group) is 1. The largest absolute Gasteiger partial charge is 0.367 e. The van der Waals surface area contributed by atoms with Crippen LogP contribution in [0.2, 0.25) is 0 Å². The first-order chi connectivity index (χ1) is 11.6. The molecule has 0 unspecified atom stereocenters. The Kier molecular flexibility index (Phi) is 5.36. The number of benzene rings is 1. The van der Waals surface area contributed by atoms with E-state index in [2.05, 4.69) is 16.7 Å². The lowest BCUT2D eigenvalue weighted by molar-refractivity contribution is 0.0714. The van der Waals surface area contributed by atoms with Gasteiger partial charge in [0, 0.05) is 50.9 Å². The van der Waals surface area contributed by atoms with E-state index in [1.807, 2.05) is 0 Å². The third-order valence-electron chi connectivity index (χ3n) is 5.18. The molecule has 0 radical (unpaired) electrons. The molecule has 132 valence electrons. The second-order valence-corrected chi connectivity index (χ2v) is 6.72. The fourth-order valence-corrected chi connectivity index (χ4v) is 3.49. The first kappa shape index (κ1) is 17.2. The minimum atomic E-state index is -0.306. The van der Waals surface area contributed by atoms with Gasteiger partial charge in [0.1, 0.15) is 5.82 Å². The number of carbonyl (C=O) groups is 1. The molecule has 3 rings (SSSR count). The number of halogens is 1. The van der Waals surface area contributed by atoms with Crippen molar-refractivity contribution in [3.8, 4) is 0 Å². The van der Waals surface area contributed by atoms with Crippen molar-refractivity contribution < 1.29 is 9.18 Å². The zero-order valence-corrected chi connectivity index (χ0v) is 14.4. The molecule has 2 fully saturated rings. The Morgan fingerprint density at radius 1 is 1.17 bits per heavy atom. The molecule has 1 aromatic carbocycles. The maximum Gasteiger partial charge on any atom is 0.253 e. The van der Waals surface area contributed by atoms with Crippen LogP contribution >= 0.6 is 0 Å². The number of piperidine rings is 1. The van der Waals surface area contributed by atoms with Crippen molar-refractivity contribution in [1.29, 1.82) is 0 Å². The summed E-state index contributed by atoms with van der Waals surface area (Å²) in [6.45, 7) is 8.03. The van der Waals surface area contributed by atoms with E-state index in [0.29, 0.717) is 24.3 Å². The number of rotatable bonds is 3. The highest BCUT2D eigenvalue weighted by Gasteiger charge is 2.24. The Morgan fingerprint density at radius 3 is 2.42 bits per heavy atom. The second kappa shape index (κ2) is 7.49. The van der Waals surface area contributed by atoms with E-state index in [9.17, 15) is 9.18 Å². The van der Waals surface area contributed by atoms with Gasteiger partial charge in [0.05, 0.1) is 5.69 Å². The molecule has 2 N–H and O–H groups in total. The summed E-state index contributed by atoms with van der Waals surface area (Å²) in [6.07, 6.45) is 1.63. The molecule has 0 spiro atoms. The highest BCUT2D eigenvalue weighted by molar-refractivity contribution is 5.94. The lowest BCUT2D eigenvalue weighted by atomic mass is 10.0. The summed E-state index contributed by atoms with van der Waals surface area (Å²) in [5, 5.41) is 0. The zero-order chi connectivity index (χ0) is 17.1. The van der Waals surface area contributed by atoms with Crippen LogP contribution in [0.5, 0.6) is 0 Å². The lowest BCUT2D eigenvalue weighted by Crippen LogP contribution is -2.46. The average Bonchev–Trinajstić information content (AvgIpc) is 2.62. The molecule has 0 bridgehead atoms. The van der Waals surface area contributed by atoms with E-state index in [1.54, 1.807) is 17.0 Å². The van der Waals surface area contributed by atoms with Gasteiger partial charge in [-0.2, -0.15) is 0 Å². The summed E-state index contributed by atoms with van der Waals surface area (Å²) in [6, 6.07) is 5.06. The SMILES string of the molecule is CCN1CCN(c2ccc(C(=O)N3CCC(N)CC3)cc2F)CC1. The molecule has 2 aliphatic rings. The van der Waals surface area contributed by atoms with E-state index in [1.165, 1.54) is 6.07 Å². The summed E-state index contributed by atoms with van der Waals surface area (Å²) in [5.74, 6) is -0.400. The highest BCUT2D eigenvalue weighted by Crippen LogP contribution is 2.23. The molecule has 2 heterocycles. The van der Waals surface area contributed by atoms with Crippen LogP contribution in [0.3, 0.4) is 0 Å². The van der Waals surface area contributed by atoms with Crippen molar-refractivity contribution in [3.05, 3.63) is 29.6 Å². The van der Waals surface area contributed by atoms with Gasteiger partial charge in [0.2, 0.25) is 0 Å². The molecular formula is C18H27FN4O. The molecule has 2 saturated heterocycles. The van der Waals surface area contributed by atoms with Gasteiger partial charge < -0.3 is 20.4 Å². The minimum absolute atomic E-state index is 0.0943. The first-order valence-electron chi connectivity index (χ1n) is 8.90. The molecule has 5 nitrogen and oxygen atoms in total. The van der Waals surface area contributed by atoms with Gasteiger partial charge in [-0.1, -0.05) is 6.92 Å². The van der Waals surface area contributed by atoms with E-state index in [0.717, 1.165) is 45.6 Å². The monoisotopic (exact) mass is 334 g/mol. The van der Waals surface area contributed by atoms with E-state index >= 15 is 0 Å². The van der Waals surface area contributed by atoms with Crippen molar-refractivity contribution in [1.82, 2.24) is 9.80 Å². The van der Waals surface area contributed by atoms with Gasteiger partial charge in [0.15, 0.2) is 0 Å². The normalized spacial score (nSPS) is 20.5. The van der Waals surface area contributed by atoms with Crippen LogP contribution in [-0.2, 0) is 0 Å². The van der Waals surface area contributed by atoms with Gasteiger partial charge in [0.25, 0.3) is 5.91 Å². The predicted octanol–water partition coefficient (Wildman–Crippen LogP) is 1.53. The van der Waals surface area contributed by atoms with Crippen molar-refractivity contribution >= 4 is 11.6 Å². The van der Waals surface area contributed by atoms with Gasteiger partial charge in [-0.15, -0.1) is 0 Å². The van der Waals surface area contributed by atoms with Crippen LogP contribution in [0.15, 0.2) is 18.2 Å². The third kappa shape index (κ3) is 3.70. The van der Waals surface area contributed by atoms with E-state index in [4.69, 9.17) is 5.73 Å². The standard InChI is InChI=1S/C18H27FN4O/c1-2-21-9-11-22(12-10-21)17-4-3-14(13-16(17)19)18(24)23-7-5-15(20)6-8-23/h3-4,13,15H,2,5-12,20H2,1H3. The number of nitrogens with zero attached hydrogens (tertiary/aromatic N) is 3. The molecular weight excluding hydrogens is 307 g/mol. The number of anilines is 1. The zero-order valence-electron chi connectivity index (χ0n) is 14.4. The van der Waals surface area contributed by atoms with Crippen molar-refractivity contribution in [3.63, 3.8) is 0 Å². The summed E-state index contributed by atoms with van der Waals surface area (Å²) in [5.41, 5.74) is 6.90. The van der Waals surface area contributed by atoms with Gasteiger partial charge in [-0.25, -0.2) is 4.39 Å². The molecule has 0 aromatic heterocycles. The quantitative estimate of drug-likeness (QED) is 0.911. The molecule has 1 aromatic rings. The number of carbonyl (C=O) groups excluding carboxylic acids is 1. The number of amides is 1. The van der Waals surface area contributed by atoms with Crippen LogP contribution in [0.25, 0.3) is 0 Å². The number of piperazine rings is 1. The van der Waals surface area contributed by atoms with Crippen molar-refractivity contribution in [2.24, 2.45) is 5.73 Å². The average molecular weight is 334 g/mol. The smallest absolute Gasteiger partial charge is 0.253 e. The van der Waals surface area contributed by atoms with E-state index < -0.39 is 0 Å². The third-order valence-corrected chi connectivity index (χ3v) is 5.18. The first-order valence-corrected chi connectivity index (χ1v) is 8.90. The molecule has 0 atom stereocenters. The number of hydrogen-bond donors (Lipinski definition) is 1. The van der Waals surface area contributed by atoms with Crippen LogP contribution in [0, 0.1) is 5.82 Å². The number of likely N-dealkylation sites (tertiary alicyclic amines) is 1. The molecule has 1 amide bonds. The highest BCUT2D eigenvalue weighted by atomic mass is 19.1. The van der Waals surface area contributed by atoms with Crippen LogP contribution in [0.4, 0.5) is 10.1 Å². The number of hydrogen-bond acceptors (Lipinski definition) is 4. The van der Waals surface area contributed by atoms with Crippen molar-refractivity contribution in [2.45, 2.75) is 25.8 Å². The number of nitrogens with two attached hydrogens (primary N) is 1. The van der Waals surface area contributed by atoms with Gasteiger partial charge in [-0.3, -0.25) is 4.79 Å².